The number of rotatable bonds is 3. The molecule has 0 heterocycles. The molecular formula is C8H9BrClNO2S. The predicted octanol–water partition coefficient (Wildman–Crippen LogP) is 2.74. The van der Waals surface area contributed by atoms with E-state index >= 15 is 0 Å². The van der Waals surface area contributed by atoms with Gasteiger partial charge in [-0.15, -0.1) is 0 Å². The van der Waals surface area contributed by atoms with E-state index in [2.05, 4.69) is 20.7 Å². The molecule has 14 heavy (non-hydrogen) atoms. The van der Waals surface area contributed by atoms with Gasteiger partial charge in [0.15, 0.2) is 0 Å². The number of halogens is 2. The Morgan fingerprint density at radius 2 is 2.14 bits per heavy atom. The Balaban J connectivity index is 3.03. The zero-order valence-electron chi connectivity index (χ0n) is 7.42. The Morgan fingerprint density at radius 3 is 2.71 bits per heavy atom. The molecule has 0 radical (unpaired) electrons. The molecule has 0 aliphatic heterocycles. The first-order valence-corrected chi connectivity index (χ1v) is 6.92. The summed E-state index contributed by atoms with van der Waals surface area (Å²) in [5.41, 5.74) is 1.35. The highest BCUT2D eigenvalue weighted by atomic mass is 79.9. The molecule has 0 amide bonds. The third-order valence-electron chi connectivity index (χ3n) is 1.53. The molecule has 1 aromatic carbocycles. The van der Waals surface area contributed by atoms with Gasteiger partial charge >= 0.3 is 0 Å². The summed E-state index contributed by atoms with van der Waals surface area (Å²) >= 11 is 8.69. The second kappa shape index (κ2) is 4.51. The van der Waals surface area contributed by atoms with Gasteiger partial charge in [0.05, 0.1) is 10.7 Å². The fraction of sp³-hybridized carbons (Fsp3) is 0.250. The quantitative estimate of drug-likeness (QED) is 0.872. The highest BCUT2D eigenvalue weighted by Gasteiger charge is 2.10. The molecule has 0 saturated heterocycles. The van der Waals surface area contributed by atoms with E-state index in [1.165, 1.54) is 0 Å². The van der Waals surface area contributed by atoms with Crippen LogP contribution in [0.15, 0.2) is 18.2 Å². The molecule has 0 atom stereocenters. The lowest BCUT2D eigenvalue weighted by Gasteiger charge is -2.07. The average Bonchev–Trinajstić information content (AvgIpc) is 2.11. The van der Waals surface area contributed by atoms with Crippen molar-refractivity contribution in [3.8, 4) is 0 Å². The maximum atomic E-state index is 11.2. The van der Waals surface area contributed by atoms with Gasteiger partial charge in [0.25, 0.3) is 0 Å². The van der Waals surface area contributed by atoms with Crippen molar-refractivity contribution < 1.29 is 8.42 Å². The molecule has 0 spiro atoms. The monoisotopic (exact) mass is 297 g/mol. The lowest BCUT2D eigenvalue weighted by atomic mass is 10.2. The summed E-state index contributed by atoms with van der Waals surface area (Å²) in [6.45, 7) is 1.86. The van der Waals surface area contributed by atoms with Crippen LogP contribution in [-0.4, -0.2) is 13.1 Å². The van der Waals surface area contributed by atoms with Crippen LogP contribution in [0.5, 0.6) is 0 Å². The Kier molecular flexibility index (Phi) is 3.80. The Bertz CT molecular complexity index is 433. The van der Waals surface area contributed by atoms with Gasteiger partial charge in [0, 0.05) is 0 Å². The molecule has 0 saturated carbocycles. The zero-order valence-corrected chi connectivity index (χ0v) is 10.6. The van der Waals surface area contributed by atoms with Gasteiger partial charge in [-0.1, -0.05) is 33.6 Å². The highest BCUT2D eigenvalue weighted by Crippen LogP contribution is 2.23. The van der Waals surface area contributed by atoms with Crippen LogP contribution < -0.4 is 4.72 Å². The molecule has 0 aliphatic carbocycles. The number of hydrogen-bond donors (Lipinski definition) is 1. The number of sulfonamides is 1. The van der Waals surface area contributed by atoms with E-state index in [0.29, 0.717) is 10.7 Å². The van der Waals surface area contributed by atoms with Crippen LogP contribution in [0.2, 0.25) is 5.02 Å². The fourth-order valence-electron chi connectivity index (χ4n) is 0.912. The number of alkyl halides is 1. The maximum absolute atomic E-state index is 11.2. The summed E-state index contributed by atoms with van der Waals surface area (Å²) in [4.78, 5) is 0. The smallest absolute Gasteiger partial charge is 0.242 e. The molecule has 1 rings (SSSR count). The van der Waals surface area contributed by atoms with Crippen molar-refractivity contribution >= 4 is 43.2 Å². The summed E-state index contributed by atoms with van der Waals surface area (Å²) in [5, 5.41) is 0.389. The summed E-state index contributed by atoms with van der Waals surface area (Å²) < 4.78 is 24.7. The first-order valence-electron chi connectivity index (χ1n) is 3.77. The van der Waals surface area contributed by atoms with Crippen LogP contribution in [0.25, 0.3) is 0 Å². The average molecular weight is 299 g/mol. The first kappa shape index (κ1) is 11.8. The van der Waals surface area contributed by atoms with E-state index in [0.717, 1.165) is 5.56 Å². The van der Waals surface area contributed by atoms with E-state index in [-0.39, 0.29) is 4.66 Å². The number of nitrogens with one attached hydrogen (secondary N) is 1. The van der Waals surface area contributed by atoms with Gasteiger partial charge in [0.1, 0.15) is 4.66 Å². The minimum absolute atomic E-state index is 0.149. The van der Waals surface area contributed by atoms with Gasteiger partial charge in [-0.25, -0.2) is 8.42 Å². The topological polar surface area (TPSA) is 46.2 Å². The molecule has 6 heteroatoms. The second-order valence-corrected chi connectivity index (χ2v) is 6.24. The Labute approximate surface area is 96.6 Å². The maximum Gasteiger partial charge on any atom is 0.242 e. The van der Waals surface area contributed by atoms with Crippen LogP contribution in [0, 0.1) is 6.92 Å². The van der Waals surface area contributed by atoms with Crippen molar-refractivity contribution in [3.05, 3.63) is 28.8 Å². The van der Waals surface area contributed by atoms with Crippen molar-refractivity contribution in [2.75, 3.05) is 9.38 Å². The molecule has 78 valence electrons. The SMILES string of the molecule is Cc1ccc(Cl)c(NS(=O)(=O)CBr)c1. The first-order chi connectivity index (χ1) is 6.44. The minimum Gasteiger partial charge on any atom is -0.281 e. The molecule has 1 aromatic rings. The third kappa shape index (κ3) is 3.15. The van der Waals surface area contributed by atoms with Gasteiger partial charge in [-0.2, -0.15) is 0 Å². The van der Waals surface area contributed by atoms with Gasteiger partial charge in [0.2, 0.25) is 10.0 Å². The van der Waals surface area contributed by atoms with E-state index in [9.17, 15) is 8.42 Å². The van der Waals surface area contributed by atoms with Crippen molar-refractivity contribution in [1.29, 1.82) is 0 Å². The fourth-order valence-corrected chi connectivity index (χ4v) is 2.03. The molecule has 0 unspecified atom stereocenters. The Morgan fingerprint density at radius 1 is 1.50 bits per heavy atom. The lowest BCUT2D eigenvalue weighted by molar-refractivity contribution is 0.606. The number of benzene rings is 1. The van der Waals surface area contributed by atoms with E-state index < -0.39 is 10.0 Å². The predicted molar refractivity (Wildman–Crippen MR) is 62.5 cm³/mol. The van der Waals surface area contributed by atoms with Crippen LogP contribution in [0.3, 0.4) is 0 Å². The van der Waals surface area contributed by atoms with Crippen LogP contribution in [0.1, 0.15) is 5.56 Å². The highest BCUT2D eigenvalue weighted by molar-refractivity contribution is 9.10. The van der Waals surface area contributed by atoms with Crippen LogP contribution >= 0.6 is 27.5 Å². The summed E-state index contributed by atoms with van der Waals surface area (Å²) in [5.74, 6) is 0. The summed E-state index contributed by atoms with van der Waals surface area (Å²) in [6, 6.07) is 5.15. The number of hydrogen-bond acceptors (Lipinski definition) is 2. The van der Waals surface area contributed by atoms with E-state index in [1.54, 1.807) is 12.1 Å². The second-order valence-electron chi connectivity index (χ2n) is 2.81. The molecule has 0 fully saturated rings. The normalized spacial score (nSPS) is 11.4. The Hall–Kier alpha value is -0.260. The van der Waals surface area contributed by atoms with E-state index in [4.69, 9.17) is 11.6 Å². The number of anilines is 1. The van der Waals surface area contributed by atoms with Crippen LogP contribution in [0.4, 0.5) is 5.69 Å². The van der Waals surface area contributed by atoms with Gasteiger partial charge in [-0.3, -0.25) is 4.72 Å². The lowest BCUT2D eigenvalue weighted by Crippen LogP contribution is -2.13. The van der Waals surface area contributed by atoms with Gasteiger partial charge < -0.3 is 0 Å². The van der Waals surface area contributed by atoms with E-state index in [1.807, 2.05) is 13.0 Å². The molecule has 0 aromatic heterocycles. The molecular weight excluding hydrogens is 290 g/mol. The molecule has 0 bridgehead atoms. The van der Waals surface area contributed by atoms with Crippen LogP contribution in [-0.2, 0) is 10.0 Å². The minimum atomic E-state index is -3.33. The van der Waals surface area contributed by atoms with Crippen molar-refractivity contribution in [3.63, 3.8) is 0 Å². The summed E-state index contributed by atoms with van der Waals surface area (Å²) in [6.07, 6.45) is 0. The third-order valence-corrected chi connectivity index (χ3v) is 4.49. The molecule has 3 nitrogen and oxygen atoms in total. The largest absolute Gasteiger partial charge is 0.281 e. The van der Waals surface area contributed by atoms with Crippen molar-refractivity contribution in [1.82, 2.24) is 0 Å². The summed E-state index contributed by atoms with van der Waals surface area (Å²) in [7, 11) is -3.33. The molecule has 1 N–H and O–H groups in total. The molecule has 0 aliphatic rings. The standard InChI is InChI=1S/C8H9BrClNO2S/c1-6-2-3-7(10)8(4-6)11-14(12,13)5-9/h2-4,11H,5H2,1H3. The van der Waals surface area contributed by atoms with Crippen molar-refractivity contribution in [2.24, 2.45) is 0 Å². The van der Waals surface area contributed by atoms with Crippen molar-refractivity contribution in [2.45, 2.75) is 6.92 Å². The van der Waals surface area contributed by atoms with Gasteiger partial charge in [-0.05, 0) is 24.6 Å². The zero-order chi connectivity index (χ0) is 10.8. The number of aryl methyl sites for hydroxylation is 1.